The third kappa shape index (κ3) is 5.16. The molecule has 5 N–H and O–H groups in total. The van der Waals surface area contributed by atoms with Crippen molar-refractivity contribution in [3.05, 3.63) is 0 Å². The molecular weight excluding hydrogens is 112 g/mol. The van der Waals surface area contributed by atoms with E-state index in [-0.39, 0.29) is 11.1 Å². The molecule has 0 aromatic carbocycles. The van der Waals surface area contributed by atoms with E-state index in [2.05, 4.69) is 17.5 Å². The summed E-state index contributed by atoms with van der Waals surface area (Å²) in [5, 5.41) is 9.51. The SMILES string of the molecule is N=C(N)[N]C(N)=S. The van der Waals surface area contributed by atoms with Crippen LogP contribution in [0.2, 0.25) is 0 Å². The van der Waals surface area contributed by atoms with Gasteiger partial charge >= 0.3 is 0 Å². The smallest absolute Gasteiger partial charge is 0.215 e. The van der Waals surface area contributed by atoms with E-state index in [0.29, 0.717) is 0 Å². The lowest BCUT2D eigenvalue weighted by molar-refractivity contribution is 1.23. The largest absolute Gasteiger partial charge is 0.374 e. The molecule has 7 heavy (non-hydrogen) atoms. The van der Waals surface area contributed by atoms with Crippen LogP contribution in [-0.2, 0) is 0 Å². The van der Waals surface area contributed by atoms with Gasteiger partial charge < -0.3 is 11.5 Å². The van der Waals surface area contributed by atoms with E-state index in [1.807, 2.05) is 0 Å². The van der Waals surface area contributed by atoms with Crippen LogP contribution >= 0.6 is 12.2 Å². The van der Waals surface area contributed by atoms with Crippen LogP contribution in [0.5, 0.6) is 0 Å². The van der Waals surface area contributed by atoms with Gasteiger partial charge in [0.05, 0.1) is 0 Å². The van der Waals surface area contributed by atoms with Crippen molar-refractivity contribution >= 4 is 23.3 Å². The molecule has 0 saturated carbocycles. The summed E-state index contributed by atoms with van der Waals surface area (Å²) in [5.74, 6) is -0.354. The highest BCUT2D eigenvalue weighted by molar-refractivity contribution is 7.80. The number of hydrogen-bond acceptors (Lipinski definition) is 2. The molecule has 0 unspecified atom stereocenters. The highest BCUT2D eigenvalue weighted by Gasteiger charge is 1.87. The molecule has 0 spiro atoms. The molecule has 39 valence electrons. The monoisotopic (exact) mass is 117 g/mol. The molecule has 0 fully saturated rings. The first-order valence-electron chi connectivity index (χ1n) is 1.48. The fourth-order valence-electron chi connectivity index (χ4n) is 0.119. The van der Waals surface area contributed by atoms with E-state index in [1.165, 1.54) is 0 Å². The summed E-state index contributed by atoms with van der Waals surface area (Å²) in [6.45, 7) is 0. The summed E-state index contributed by atoms with van der Waals surface area (Å²) in [4.78, 5) is 0. The van der Waals surface area contributed by atoms with Crippen molar-refractivity contribution in [2.24, 2.45) is 11.5 Å². The fraction of sp³-hybridized carbons (Fsp3) is 0. The number of hydrogen-bond donors (Lipinski definition) is 3. The van der Waals surface area contributed by atoms with E-state index in [1.54, 1.807) is 0 Å². The minimum Gasteiger partial charge on any atom is -0.374 e. The van der Waals surface area contributed by atoms with Crippen molar-refractivity contribution in [3.63, 3.8) is 0 Å². The Hall–Kier alpha value is -0.840. The summed E-state index contributed by atoms with van der Waals surface area (Å²) in [6.07, 6.45) is 0. The molecule has 0 amide bonds. The third-order valence-electron chi connectivity index (χ3n) is 0.231. The van der Waals surface area contributed by atoms with Crippen molar-refractivity contribution in [1.29, 1.82) is 5.41 Å². The molecule has 0 bridgehead atoms. The van der Waals surface area contributed by atoms with E-state index < -0.39 is 0 Å². The van der Waals surface area contributed by atoms with E-state index in [0.717, 1.165) is 0 Å². The standard InChI is InChI=1S/C2H5N4S/c3-1(4)6-2(5)7/h(H3,3,4)(H2,5,7). The lowest BCUT2D eigenvalue weighted by Gasteiger charge is -1.90. The molecule has 0 atom stereocenters. The molecule has 0 aliphatic heterocycles. The van der Waals surface area contributed by atoms with Gasteiger partial charge in [0, 0.05) is 0 Å². The van der Waals surface area contributed by atoms with Crippen LogP contribution in [0.15, 0.2) is 0 Å². The van der Waals surface area contributed by atoms with Crippen molar-refractivity contribution < 1.29 is 0 Å². The second-order valence-electron chi connectivity index (χ2n) is 0.835. The molecule has 0 heterocycles. The van der Waals surface area contributed by atoms with Crippen LogP contribution in [-0.4, -0.2) is 11.1 Å². The first-order valence-corrected chi connectivity index (χ1v) is 1.89. The molecule has 0 aliphatic carbocycles. The van der Waals surface area contributed by atoms with Gasteiger partial charge in [0.1, 0.15) is 0 Å². The number of nitrogens with two attached hydrogens (primary N) is 2. The molecular formula is C2H5N4S. The Balaban J connectivity index is 3.32. The Labute approximate surface area is 46.4 Å². The third-order valence-corrected chi connectivity index (χ3v) is 0.322. The zero-order valence-corrected chi connectivity index (χ0v) is 4.33. The summed E-state index contributed by atoms with van der Waals surface area (Å²) < 4.78 is 0. The van der Waals surface area contributed by atoms with Crippen LogP contribution in [0.1, 0.15) is 0 Å². The maximum atomic E-state index is 6.47. The number of thiocarbonyl (C=S) groups is 1. The minimum atomic E-state index is -0.354. The summed E-state index contributed by atoms with van der Waals surface area (Å²) in [6, 6.07) is 0. The van der Waals surface area contributed by atoms with Crippen molar-refractivity contribution in [1.82, 2.24) is 5.32 Å². The first-order chi connectivity index (χ1) is 3.13. The Morgan fingerprint density at radius 3 is 2.00 bits per heavy atom. The van der Waals surface area contributed by atoms with Crippen LogP contribution in [0.3, 0.4) is 0 Å². The maximum Gasteiger partial charge on any atom is 0.215 e. The van der Waals surface area contributed by atoms with Gasteiger partial charge in [-0.25, -0.2) is 0 Å². The van der Waals surface area contributed by atoms with Gasteiger partial charge in [-0.15, -0.1) is 0 Å². The Bertz CT molecular complexity index is 85.9. The lowest BCUT2D eigenvalue weighted by Crippen LogP contribution is -2.32. The number of nitrogens with one attached hydrogen (secondary N) is 1. The molecule has 0 aliphatic rings. The highest BCUT2D eigenvalue weighted by Crippen LogP contribution is 1.56. The predicted molar refractivity (Wildman–Crippen MR) is 30.8 cm³/mol. The van der Waals surface area contributed by atoms with Gasteiger partial charge in [0.2, 0.25) is 5.96 Å². The molecule has 4 nitrogen and oxygen atoms in total. The van der Waals surface area contributed by atoms with Crippen molar-refractivity contribution in [2.45, 2.75) is 0 Å². The van der Waals surface area contributed by atoms with Gasteiger partial charge in [-0.3, -0.25) is 5.41 Å². The molecule has 0 rings (SSSR count). The average molecular weight is 117 g/mol. The quantitative estimate of drug-likeness (QED) is 0.210. The number of guanidine groups is 1. The van der Waals surface area contributed by atoms with Gasteiger partial charge in [0.25, 0.3) is 0 Å². The molecule has 0 aromatic rings. The number of rotatable bonds is 0. The Morgan fingerprint density at radius 1 is 1.57 bits per heavy atom. The maximum absolute atomic E-state index is 6.47. The number of nitrogens with zero attached hydrogens (tertiary/aromatic N) is 1. The second kappa shape index (κ2) is 2.35. The normalized spacial score (nSPS) is 7.43. The zero-order valence-electron chi connectivity index (χ0n) is 3.51. The van der Waals surface area contributed by atoms with Crippen LogP contribution in [0.4, 0.5) is 0 Å². The fourth-order valence-corrected chi connectivity index (χ4v) is 0.217. The minimum absolute atomic E-state index is 0.104. The predicted octanol–water partition coefficient (Wildman–Crippen LogP) is -1.27. The van der Waals surface area contributed by atoms with E-state index in [4.69, 9.17) is 16.9 Å². The summed E-state index contributed by atoms with van der Waals surface area (Å²) in [5.41, 5.74) is 9.58. The van der Waals surface area contributed by atoms with Gasteiger partial charge in [0.15, 0.2) is 5.11 Å². The van der Waals surface area contributed by atoms with Crippen LogP contribution in [0, 0.1) is 5.41 Å². The average Bonchev–Trinajstić information content (AvgIpc) is 1.27. The topological polar surface area (TPSA) is 90.0 Å². The molecule has 5 heteroatoms. The Kier molecular flexibility index (Phi) is 2.07. The first kappa shape index (κ1) is 6.16. The second-order valence-corrected chi connectivity index (χ2v) is 1.25. The molecule has 0 saturated heterocycles. The molecule has 1 radical (unpaired) electrons. The van der Waals surface area contributed by atoms with Gasteiger partial charge in [-0.1, -0.05) is 0 Å². The summed E-state index contributed by atoms with van der Waals surface area (Å²) in [7, 11) is 0. The van der Waals surface area contributed by atoms with Gasteiger partial charge in [-0.05, 0) is 12.2 Å². The highest BCUT2D eigenvalue weighted by atomic mass is 32.1. The zero-order chi connectivity index (χ0) is 5.86. The van der Waals surface area contributed by atoms with Crippen LogP contribution in [0.25, 0.3) is 0 Å². The van der Waals surface area contributed by atoms with Crippen molar-refractivity contribution in [2.75, 3.05) is 0 Å². The Morgan fingerprint density at radius 2 is 2.00 bits per heavy atom. The van der Waals surface area contributed by atoms with E-state index >= 15 is 0 Å². The molecule has 0 aromatic heterocycles. The van der Waals surface area contributed by atoms with Gasteiger partial charge in [-0.2, -0.15) is 5.32 Å². The van der Waals surface area contributed by atoms with E-state index in [9.17, 15) is 0 Å². The van der Waals surface area contributed by atoms with Crippen molar-refractivity contribution in [3.8, 4) is 0 Å². The van der Waals surface area contributed by atoms with Crippen LogP contribution < -0.4 is 16.8 Å². The lowest BCUT2D eigenvalue weighted by atomic mass is 10.9. The summed E-state index contributed by atoms with van der Waals surface area (Å²) >= 11 is 4.26.